The van der Waals surface area contributed by atoms with Crippen LogP contribution < -0.4 is 20.1 Å². The minimum Gasteiger partial charge on any atom is -0.480 e. The van der Waals surface area contributed by atoms with Crippen molar-refractivity contribution in [1.29, 1.82) is 0 Å². The number of anilines is 2. The van der Waals surface area contributed by atoms with E-state index in [1.807, 2.05) is 4.90 Å². The van der Waals surface area contributed by atoms with Gasteiger partial charge in [-0.25, -0.2) is 5.10 Å². The minimum absolute atomic E-state index is 0.171. The Morgan fingerprint density at radius 3 is 2.64 bits per heavy atom. The zero-order chi connectivity index (χ0) is 15.5. The van der Waals surface area contributed by atoms with Crippen molar-refractivity contribution in [2.24, 2.45) is 0 Å². The standard InChI is InChI=1S/C13H15ClN6O2/c1-22-11-8-15-7-10(17-11)20-4-2-19(3-5-20)9-6-16-18-13(21)12(9)14/h6-8H,2-5H2,1H3,(H,18,21). The van der Waals surface area contributed by atoms with Crippen LogP contribution in [0.2, 0.25) is 5.02 Å². The van der Waals surface area contributed by atoms with E-state index in [-0.39, 0.29) is 10.6 Å². The van der Waals surface area contributed by atoms with E-state index in [2.05, 4.69) is 25.1 Å². The lowest BCUT2D eigenvalue weighted by Crippen LogP contribution is -2.47. The van der Waals surface area contributed by atoms with Gasteiger partial charge in [0, 0.05) is 26.2 Å². The van der Waals surface area contributed by atoms with Gasteiger partial charge in [-0.1, -0.05) is 11.6 Å². The molecule has 22 heavy (non-hydrogen) atoms. The van der Waals surface area contributed by atoms with Crippen molar-refractivity contribution in [2.45, 2.75) is 0 Å². The topological polar surface area (TPSA) is 87.2 Å². The van der Waals surface area contributed by atoms with Crippen molar-refractivity contribution in [3.8, 4) is 5.88 Å². The van der Waals surface area contributed by atoms with E-state index in [9.17, 15) is 4.79 Å². The summed E-state index contributed by atoms with van der Waals surface area (Å²) in [5.41, 5.74) is 0.280. The molecule has 0 spiro atoms. The maximum absolute atomic E-state index is 11.5. The highest BCUT2D eigenvalue weighted by molar-refractivity contribution is 6.33. The summed E-state index contributed by atoms with van der Waals surface area (Å²) in [6.45, 7) is 2.91. The predicted octanol–water partition coefficient (Wildman–Crippen LogP) is 0.548. The largest absolute Gasteiger partial charge is 0.480 e. The number of rotatable bonds is 3. The molecule has 1 aliphatic heterocycles. The van der Waals surface area contributed by atoms with Crippen molar-refractivity contribution in [1.82, 2.24) is 20.2 Å². The molecule has 0 radical (unpaired) electrons. The van der Waals surface area contributed by atoms with Crippen molar-refractivity contribution in [3.05, 3.63) is 34.0 Å². The van der Waals surface area contributed by atoms with Crippen molar-refractivity contribution >= 4 is 23.1 Å². The van der Waals surface area contributed by atoms with Crippen LogP contribution in [-0.4, -0.2) is 53.5 Å². The lowest BCUT2D eigenvalue weighted by atomic mass is 10.3. The van der Waals surface area contributed by atoms with Gasteiger partial charge in [-0.05, 0) is 0 Å². The number of H-pyrrole nitrogens is 1. The molecular formula is C13H15ClN6O2. The molecule has 0 aliphatic carbocycles. The van der Waals surface area contributed by atoms with Gasteiger partial charge in [-0.15, -0.1) is 0 Å². The highest BCUT2D eigenvalue weighted by atomic mass is 35.5. The first-order valence-corrected chi connectivity index (χ1v) is 7.16. The molecular weight excluding hydrogens is 308 g/mol. The summed E-state index contributed by atoms with van der Waals surface area (Å²) in [4.78, 5) is 24.2. The summed E-state index contributed by atoms with van der Waals surface area (Å²) in [5, 5.41) is 6.29. The number of hydrogen-bond donors (Lipinski definition) is 1. The van der Waals surface area contributed by atoms with E-state index in [0.29, 0.717) is 24.7 Å². The first-order valence-electron chi connectivity index (χ1n) is 6.78. The number of methoxy groups -OCH3 is 1. The Morgan fingerprint density at radius 2 is 1.91 bits per heavy atom. The number of halogens is 1. The molecule has 3 rings (SSSR count). The van der Waals surface area contributed by atoms with Crippen molar-refractivity contribution < 1.29 is 4.74 Å². The van der Waals surface area contributed by atoms with E-state index in [4.69, 9.17) is 16.3 Å². The van der Waals surface area contributed by atoms with Crippen LogP contribution in [0.1, 0.15) is 0 Å². The number of aromatic amines is 1. The molecule has 8 nitrogen and oxygen atoms in total. The molecule has 116 valence electrons. The van der Waals surface area contributed by atoms with Crippen LogP contribution in [-0.2, 0) is 0 Å². The van der Waals surface area contributed by atoms with E-state index < -0.39 is 0 Å². The molecule has 3 heterocycles. The average Bonchev–Trinajstić information content (AvgIpc) is 2.58. The molecule has 2 aromatic heterocycles. The Kier molecular flexibility index (Phi) is 4.10. The first kappa shape index (κ1) is 14.6. The predicted molar refractivity (Wildman–Crippen MR) is 82.9 cm³/mol. The average molecular weight is 323 g/mol. The fourth-order valence-corrected chi connectivity index (χ4v) is 2.57. The van der Waals surface area contributed by atoms with Gasteiger partial charge in [0.05, 0.1) is 31.4 Å². The number of hydrogen-bond acceptors (Lipinski definition) is 7. The van der Waals surface area contributed by atoms with Crippen LogP contribution in [0.3, 0.4) is 0 Å². The summed E-state index contributed by atoms with van der Waals surface area (Å²) < 4.78 is 5.09. The van der Waals surface area contributed by atoms with Gasteiger partial charge in [0.15, 0.2) is 5.82 Å². The molecule has 0 atom stereocenters. The van der Waals surface area contributed by atoms with Gasteiger partial charge in [-0.3, -0.25) is 9.78 Å². The maximum atomic E-state index is 11.5. The van der Waals surface area contributed by atoms with Gasteiger partial charge < -0.3 is 14.5 Å². The maximum Gasteiger partial charge on any atom is 0.285 e. The van der Waals surface area contributed by atoms with Crippen LogP contribution in [0.5, 0.6) is 5.88 Å². The Labute approximate surface area is 131 Å². The SMILES string of the molecule is COc1cncc(N2CCN(c3cn[nH]c(=O)c3Cl)CC2)n1. The lowest BCUT2D eigenvalue weighted by Gasteiger charge is -2.36. The fraction of sp³-hybridized carbons (Fsp3) is 0.385. The molecule has 1 N–H and O–H groups in total. The summed E-state index contributed by atoms with van der Waals surface area (Å²) in [5.74, 6) is 1.26. The zero-order valence-corrected chi connectivity index (χ0v) is 12.7. The summed E-state index contributed by atoms with van der Waals surface area (Å²) in [6.07, 6.45) is 4.85. The lowest BCUT2D eigenvalue weighted by molar-refractivity contribution is 0.395. The summed E-state index contributed by atoms with van der Waals surface area (Å²) in [7, 11) is 1.56. The third-order valence-electron chi connectivity index (χ3n) is 3.53. The molecule has 1 fully saturated rings. The molecule has 1 saturated heterocycles. The molecule has 1 aliphatic rings. The van der Waals surface area contributed by atoms with Crippen LogP contribution in [0, 0.1) is 0 Å². The highest BCUT2D eigenvalue weighted by Gasteiger charge is 2.21. The second-order valence-electron chi connectivity index (χ2n) is 4.79. The van der Waals surface area contributed by atoms with Crippen molar-refractivity contribution in [3.63, 3.8) is 0 Å². The third kappa shape index (κ3) is 2.82. The van der Waals surface area contributed by atoms with Gasteiger partial charge in [0.25, 0.3) is 5.56 Å². The number of nitrogens with zero attached hydrogens (tertiary/aromatic N) is 5. The fourth-order valence-electron chi connectivity index (χ4n) is 2.36. The van der Waals surface area contributed by atoms with E-state index in [1.54, 1.807) is 25.7 Å². The molecule has 0 bridgehead atoms. The quantitative estimate of drug-likeness (QED) is 0.882. The van der Waals surface area contributed by atoms with Crippen LogP contribution in [0.4, 0.5) is 11.5 Å². The Balaban J connectivity index is 1.72. The normalized spacial score (nSPS) is 15.0. The van der Waals surface area contributed by atoms with E-state index in [0.717, 1.165) is 18.9 Å². The minimum atomic E-state index is -0.375. The molecule has 0 aromatic carbocycles. The number of nitrogens with one attached hydrogen (secondary N) is 1. The molecule has 0 amide bonds. The van der Waals surface area contributed by atoms with E-state index >= 15 is 0 Å². The van der Waals surface area contributed by atoms with Crippen LogP contribution >= 0.6 is 11.6 Å². The smallest absolute Gasteiger partial charge is 0.285 e. The van der Waals surface area contributed by atoms with Gasteiger partial charge in [0.1, 0.15) is 5.02 Å². The molecule has 2 aromatic rings. The zero-order valence-electron chi connectivity index (χ0n) is 12.0. The monoisotopic (exact) mass is 322 g/mol. The van der Waals surface area contributed by atoms with Crippen LogP contribution in [0.15, 0.2) is 23.4 Å². The van der Waals surface area contributed by atoms with Crippen molar-refractivity contribution in [2.75, 3.05) is 43.1 Å². The Morgan fingerprint density at radius 1 is 1.18 bits per heavy atom. The second-order valence-corrected chi connectivity index (χ2v) is 5.17. The van der Waals surface area contributed by atoms with Gasteiger partial charge in [-0.2, -0.15) is 10.1 Å². The first-order chi connectivity index (χ1) is 10.7. The summed E-state index contributed by atoms with van der Waals surface area (Å²) in [6, 6.07) is 0. The van der Waals surface area contributed by atoms with Gasteiger partial charge >= 0.3 is 0 Å². The van der Waals surface area contributed by atoms with Gasteiger partial charge in [0.2, 0.25) is 5.88 Å². The molecule has 0 unspecified atom stereocenters. The molecule has 9 heteroatoms. The van der Waals surface area contributed by atoms with E-state index in [1.165, 1.54) is 0 Å². The highest BCUT2D eigenvalue weighted by Crippen LogP contribution is 2.23. The van der Waals surface area contributed by atoms with Crippen LogP contribution in [0.25, 0.3) is 0 Å². The summed E-state index contributed by atoms with van der Waals surface area (Å²) >= 11 is 6.04. The Hall–Kier alpha value is -2.35. The third-order valence-corrected chi connectivity index (χ3v) is 3.90. The number of aromatic nitrogens is 4. The molecule has 0 saturated carbocycles. The number of piperazine rings is 1. The Bertz CT molecular complexity index is 714. The number of ether oxygens (including phenoxy) is 1. The second kappa shape index (κ2) is 6.18.